The van der Waals surface area contributed by atoms with E-state index >= 15 is 0 Å². The van der Waals surface area contributed by atoms with Gasteiger partial charge in [0.05, 0.1) is 17.3 Å². The summed E-state index contributed by atoms with van der Waals surface area (Å²) in [7, 11) is 3.44. The first-order valence-corrected chi connectivity index (χ1v) is 6.54. The predicted octanol–water partition coefficient (Wildman–Crippen LogP) is 1.43. The third-order valence-electron chi connectivity index (χ3n) is 3.26. The maximum Gasteiger partial charge on any atom is 0.335 e. The molecule has 110 valence electrons. The SMILES string of the molecule is CN(CCc1ccccc1C(=O)O)C(=O)c1cnn(C)c1. The first kappa shape index (κ1) is 14.8. The van der Waals surface area contributed by atoms with Crippen molar-refractivity contribution in [3.63, 3.8) is 0 Å². The predicted molar refractivity (Wildman–Crippen MR) is 77.3 cm³/mol. The Labute approximate surface area is 122 Å². The number of benzene rings is 1. The Morgan fingerprint density at radius 3 is 2.67 bits per heavy atom. The molecule has 1 amide bonds. The van der Waals surface area contributed by atoms with Crippen LogP contribution in [0.25, 0.3) is 0 Å². The van der Waals surface area contributed by atoms with Crippen molar-refractivity contribution in [2.45, 2.75) is 6.42 Å². The van der Waals surface area contributed by atoms with Gasteiger partial charge in [0.2, 0.25) is 0 Å². The van der Waals surface area contributed by atoms with Gasteiger partial charge in [-0.15, -0.1) is 0 Å². The van der Waals surface area contributed by atoms with E-state index in [1.807, 2.05) is 0 Å². The van der Waals surface area contributed by atoms with Crippen LogP contribution < -0.4 is 0 Å². The smallest absolute Gasteiger partial charge is 0.335 e. The molecule has 0 unspecified atom stereocenters. The summed E-state index contributed by atoms with van der Waals surface area (Å²) in [6.45, 7) is 0.442. The van der Waals surface area contributed by atoms with Crippen molar-refractivity contribution in [3.8, 4) is 0 Å². The molecule has 0 saturated heterocycles. The van der Waals surface area contributed by atoms with Crippen molar-refractivity contribution in [1.29, 1.82) is 0 Å². The zero-order chi connectivity index (χ0) is 15.4. The Morgan fingerprint density at radius 2 is 2.05 bits per heavy atom. The lowest BCUT2D eigenvalue weighted by atomic mass is 10.0. The first-order valence-electron chi connectivity index (χ1n) is 6.54. The second-order valence-corrected chi connectivity index (χ2v) is 4.84. The average Bonchev–Trinajstić information content (AvgIpc) is 2.90. The largest absolute Gasteiger partial charge is 0.478 e. The van der Waals surface area contributed by atoms with Crippen LogP contribution in [0, 0.1) is 0 Å². The number of aryl methyl sites for hydroxylation is 1. The fourth-order valence-corrected chi connectivity index (χ4v) is 2.09. The number of aromatic nitrogens is 2. The molecular formula is C15H17N3O3. The lowest BCUT2D eigenvalue weighted by molar-refractivity contribution is 0.0695. The highest BCUT2D eigenvalue weighted by atomic mass is 16.4. The molecule has 0 bridgehead atoms. The molecule has 0 atom stereocenters. The zero-order valence-corrected chi connectivity index (χ0v) is 12.0. The minimum Gasteiger partial charge on any atom is -0.478 e. The Kier molecular flexibility index (Phi) is 4.37. The third kappa shape index (κ3) is 3.47. The van der Waals surface area contributed by atoms with Crippen molar-refractivity contribution >= 4 is 11.9 Å². The van der Waals surface area contributed by atoms with Gasteiger partial charge in [-0.25, -0.2) is 4.79 Å². The second-order valence-electron chi connectivity index (χ2n) is 4.84. The quantitative estimate of drug-likeness (QED) is 0.902. The van der Waals surface area contributed by atoms with E-state index in [1.54, 1.807) is 54.1 Å². The summed E-state index contributed by atoms with van der Waals surface area (Å²) in [5.41, 5.74) is 1.52. The molecule has 1 N–H and O–H groups in total. The van der Waals surface area contributed by atoms with Crippen LogP contribution in [0.15, 0.2) is 36.7 Å². The molecule has 1 aromatic carbocycles. The topological polar surface area (TPSA) is 75.4 Å². The highest BCUT2D eigenvalue weighted by molar-refractivity contribution is 5.93. The number of aromatic carboxylic acids is 1. The molecule has 1 heterocycles. The van der Waals surface area contributed by atoms with Crippen LogP contribution in [-0.2, 0) is 13.5 Å². The molecule has 0 aliphatic heterocycles. The average molecular weight is 287 g/mol. The Bertz CT molecular complexity index is 664. The monoisotopic (exact) mass is 287 g/mol. The van der Waals surface area contributed by atoms with E-state index in [1.165, 1.54) is 6.20 Å². The maximum absolute atomic E-state index is 12.2. The summed E-state index contributed by atoms with van der Waals surface area (Å²) in [4.78, 5) is 24.9. The molecule has 0 spiro atoms. The Hall–Kier alpha value is -2.63. The summed E-state index contributed by atoms with van der Waals surface area (Å²) < 4.78 is 1.57. The molecule has 2 aromatic rings. The number of nitrogens with zero attached hydrogens (tertiary/aromatic N) is 3. The number of carboxylic acid groups (broad SMARTS) is 1. The molecule has 21 heavy (non-hydrogen) atoms. The molecule has 0 aliphatic carbocycles. The number of hydrogen-bond donors (Lipinski definition) is 1. The van der Waals surface area contributed by atoms with Gasteiger partial charge in [-0.3, -0.25) is 9.48 Å². The van der Waals surface area contributed by atoms with Gasteiger partial charge in [0.25, 0.3) is 5.91 Å². The van der Waals surface area contributed by atoms with E-state index in [4.69, 9.17) is 5.11 Å². The summed E-state index contributed by atoms with van der Waals surface area (Å²) in [6.07, 6.45) is 3.67. The Balaban J connectivity index is 2.03. The fraction of sp³-hybridized carbons (Fsp3) is 0.267. The van der Waals surface area contributed by atoms with Gasteiger partial charge in [-0.2, -0.15) is 5.10 Å². The summed E-state index contributed by atoms with van der Waals surface area (Å²) >= 11 is 0. The maximum atomic E-state index is 12.2. The first-order chi connectivity index (χ1) is 9.99. The number of carbonyl (C=O) groups is 2. The van der Waals surface area contributed by atoms with E-state index in [-0.39, 0.29) is 11.5 Å². The van der Waals surface area contributed by atoms with Crippen molar-refractivity contribution in [1.82, 2.24) is 14.7 Å². The molecular weight excluding hydrogens is 270 g/mol. The minimum absolute atomic E-state index is 0.129. The lowest BCUT2D eigenvalue weighted by Gasteiger charge is -2.16. The van der Waals surface area contributed by atoms with E-state index < -0.39 is 5.97 Å². The molecule has 0 saturated carbocycles. The number of carboxylic acids is 1. The van der Waals surface area contributed by atoms with Gasteiger partial charge in [0.1, 0.15) is 0 Å². The van der Waals surface area contributed by atoms with Crippen molar-refractivity contribution in [3.05, 3.63) is 53.3 Å². The van der Waals surface area contributed by atoms with Crippen LogP contribution >= 0.6 is 0 Å². The van der Waals surface area contributed by atoms with Crippen LogP contribution in [0.2, 0.25) is 0 Å². The fourth-order valence-electron chi connectivity index (χ4n) is 2.09. The number of carbonyl (C=O) groups excluding carboxylic acids is 1. The summed E-state index contributed by atoms with van der Waals surface area (Å²) in [5, 5.41) is 13.1. The van der Waals surface area contributed by atoms with Gasteiger partial charge in [0, 0.05) is 26.8 Å². The summed E-state index contributed by atoms with van der Waals surface area (Å²) in [6, 6.07) is 6.83. The van der Waals surface area contributed by atoms with E-state index in [9.17, 15) is 9.59 Å². The van der Waals surface area contributed by atoms with Crippen LogP contribution in [0.1, 0.15) is 26.3 Å². The molecule has 2 rings (SSSR count). The highest BCUT2D eigenvalue weighted by Gasteiger charge is 2.15. The standard InChI is InChI=1S/C15H17N3O3/c1-17(14(19)12-9-16-18(2)10-12)8-7-11-5-3-4-6-13(11)15(20)21/h3-6,9-10H,7-8H2,1-2H3,(H,20,21). The van der Waals surface area contributed by atoms with Crippen LogP contribution in [0.4, 0.5) is 0 Å². The molecule has 0 radical (unpaired) electrons. The van der Waals surface area contributed by atoms with Gasteiger partial charge in [-0.05, 0) is 18.1 Å². The molecule has 6 nitrogen and oxygen atoms in total. The van der Waals surface area contributed by atoms with Crippen molar-refractivity contribution in [2.75, 3.05) is 13.6 Å². The van der Waals surface area contributed by atoms with E-state index in [0.29, 0.717) is 18.5 Å². The Morgan fingerprint density at radius 1 is 1.33 bits per heavy atom. The van der Waals surface area contributed by atoms with Crippen molar-refractivity contribution in [2.24, 2.45) is 7.05 Å². The molecule has 0 aliphatic rings. The second kappa shape index (κ2) is 6.21. The van der Waals surface area contributed by atoms with Gasteiger partial charge >= 0.3 is 5.97 Å². The molecule has 0 fully saturated rings. The van der Waals surface area contributed by atoms with Crippen molar-refractivity contribution < 1.29 is 14.7 Å². The molecule has 6 heteroatoms. The molecule has 1 aromatic heterocycles. The van der Waals surface area contributed by atoms with E-state index in [0.717, 1.165) is 5.56 Å². The number of amides is 1. The third-order valence-corrected chi connectivity index (χ3v) is 3.26. The van der Waals surface area contributed by atoms with Crippen LogP contribution in [0.5, 0.6) is 0 Å². The van der Waals surface area contributed by atoms with E-state index in [2.05, 4.69) is 5.10 Å². The van der Waals surface area contributed by atoms with Gasteiger partial charge in [-0.1, -0.05) is 18.2 Å². The zero-order valence-electron chi connectivity index (χ0n) is 12.0. The normalized spacial score (nSPS) is 10.4. The lowest BCUT2D eigenvalue weighted by Crippen LogP contribution is -2.28. The highest BCUT2D eigenvalue weighted by Crippen LogP contribution is 2.11. The minimum atomic E-state index is -0.952. The van der Waals surface area contributed by atoms with Gasteiger partial charge in [0.15, 0.2) is 0 Å². The van der Waals surface area contributed by atoms with Crippen LogP contribution in [0.3, 0.4) is 0 Å². The van der Waals surface area contributed by atoms with Gasteiger partial charge < -0.3 is 10.0 Å². The number of rotatable bonds is 5. The number of hydrogen-bond acceptors (Lipinski definition) is 3. The van der Waals surface area contributed by atoms with Crippen LogP contribution in [-0.4, -0.2) is 45.3 Å². The summed E-state index contributed by atoms with van der Waals surface area (Å²) in [5.74, 6) is -1.08. The number of likely N-dealkylation sites (N-methyl/N-ethyl adjacent to an activating group) is 1.